The highest BCUT2D eigenvalue weighted by molar-refractivity contribution is 5.40. The van der Waals surface area contributed by atoms with E-state index in [1.165, 1.54) is 0 Å². The normalized spacial score (nSPS) is 11.9. The van der Waals surface area contributed by atoms with E-state index < -0.39 is 6.10 Å². The number of methoxy groups -OCH3 is 1. The molecule has 0 saturated heterocycles. The molecule has 1 unspecified atom stereocenters. The fourth-order valence-corrected chi connectivity index (χ4v) is 1.66. The number of aliphatic hydroxyl groups excluding tert-OH is 1. The first kappa shape index (κ1) is 13.2. The van der Waals surface area contributed by atoms with Crippen LogP contribution < -0.4 is 15.2 Å². The van der Waals surface area contributed by atoms with Gasteiger partial charge in [-0.05, 0) is 42.0 Å². The molecule has 0 spiro atoms. The topological polar surface area (TPSA) is 64.7 Å². The molecule has 2 aromatic carbocycles. The van der Waals surface area contributed by atoms with Crippen LogP contribution in [-0.4, -0.2) is 18.8 Å². The number of aliphatic hydroxyl groups is 1. The maximum Gasteiger partial charge on any atom is 0.119 e. The Morgan fingerprint density at radius 2 is 1.58 bits per heavy atom. The van der Waals surface area contributed by atoms with Crippen LogP contribution in [0.25, 0.3) is 0 Å². The molecule has 3 N–H and O–H groups in total. The van der Waals surface area contributed by atoms with Gasteiger partial charge in [0.05, 0.1) is 7.11 Å². The molecular weight excluding hydrogens is 242 g/mol. The summed E-state index contributed by atoms with van der Waals surface area (Å²) >= 11 is 0. The van der Waals surface area contributed by atoms with Gasteiger partial charge in [0.2, 0.25) is 0 Å². The van der Waals surface area contributed by atoms with Gasteiger partial charge in [0.25, 0.3) is 0 Å². The molecular formula is C15H17NO3. The number of hydrogen-bond donors (Lipinski definition) is 2. The Hall–Kier alpha value is -2.20. The van der Waals surface area contributed by atoms with Crippen LogP contribution in [0.5, 0.6) is 11.5 Å². The Morgan fingerprint density at radius 3 is 2.16 bits per heavy atom. The van der Waals surface area contributed by atoms with Crippen LogP contribution in [0.2, 0.25) is 0 Å². The third kappa shape index (κ3) is 3.63. The summed E-state index contributed by atoms with van der Waals surface area (Å²) < 4.78 is 10.6. The van der Waals surface area contributed by atoms with Crippen molar-refractivity contribution >= 4 is 5.69 Å². The summed E-state index contributed by atoms with van der Waals surface area (Å²) in [6.07, 6.45) is -0.678. The second-order valence-corrected chi connectivity index (χ2v) is 4.17. The van der Waals surface area contributed by atoms with Crippen molar-refractivity contribution in [3.8, 4) is 11.5 Å². The van der Waals surface area contributed by atoms with E-state index >= 15 is 0 Å². The van der Waals surface area contributed by atoms with E-state index in [9.17, 15) is 5.11 Å². The van der Waals surface area contributed by atoms with Crippen LogP contribution in [0.4, 0.5) is 5.69 Å². The Kier molecular flexibility index (Phi) is 4.26. The summed E-state index contributed by atoms with van der Waals surface area (Å²) in [5, 5.41) is 9.98. The summed E-state index contributed by atoms with van der Waals surface area (Å²) in [4.78, 5) is 0. The average Bonchev–Trinajstić information content (AvgIpc) is 2.46. The van der Waals surface area contributed by atoms with E-state index in [0.717, 1.165) is 11.3 Å². The van der Waals surface area contributed by atoms with E-state index in [4.69, 9.17) is 15.2 Å². The molecule has 1 atom stereocenters. The lowest BCUT2D eigenvalue weighted by atomic mass is 10.1. The number of nitrogens with two attached hydrogens (primary N) is 1. The Bertz CT molecular complexity index is 508. The van der Waals surface area contributed by atoms with E-state index in [1.54, 1.807) is 43.5 Å². The quantitative estimate of drug-likeness (QED) is 0.809. The number of anilines is 1. The van der Waals surface area contributed by atoms with Gasteiger partial charge >= 0.3 is 0 Å². The van der Waals surface area contributed by atoms with Gasteiger partial charge in [0.1, 0.15) is 24.2 Å². The van der Waals surface area contributed by atoms with Crippen LogP contribution >= 0.6 is 0 Å². The minimum Gasteiger partial charge on any atom is -0.497 e. The first-order valence-electron chi connectivity index (χ1n) is 5.99. The lowest BCUT2D eigenvalue weighted by Crippen LogP contribution is -2.09. The van der Waals surface area contributed by atoms with Crippen molar-refractivity contribution < 1.29 is 14.6 Å². The molecule has 0 aliphatic heterocycles. The molecule has 0 heterocycles. The summed E-state index contributed by atoms with van der Waals surface area (Å²) in [6.45, 7) is 0.191. The van der Waals surface area contributed by atoms with E-state index in [0.29, 0.717) is 11.4 Å². The molecule has 0 bridgehead atoms. The standard InChI is InChI=1S/C15H17NO3/c1-18-13-6-8-14(9-7-13)19-10-15(17)11-2-4-12(16)5-3-11/h2-9,15,17H,10,16H2,1H3. The van der Waals surface area contributed by atoms with E-state index in [1.807, 2.05) is 12.1 Å². The molecule has 0 saturated carbocycles. The molecule has 0 fully saturated rings. The Morgan fingerprint density at radius 1 is 1.00 bits per heavy atom. The maximum absolute atomic E-state index is 9.98. The molecule has 0 amide bonds. The van der Waals surface area contributed by atoms with Gasteiger partial charge in [-0.2, -0.15) is 0 Å². The molecule has 2 rings (SSSR count). The number of benzene rings is 2. The summed E-state index contributed by atoms with van der Waals surface area (Å²) in [5.41, 5.74) is 7.05. The smallest absolute Gasteiger partial charge is 0.119 e. The van der Waals surface area contributed by atoms with Crippen LogP contribution in [0.15, 0.2) is 48.5 Å². The highest BCUT2D eigenvalue weighted by Gasteiger charge is 2.08. The van der Waals surface area contributed by atoms with Crippen molar-refractivity contribution in [1.29, 1.82) is 0 Å². The van der Waals surface area contributed by atoms with Crippen LogP contribution in [0, 0.1) is 0 Å². The number of hydrogen-bond acceptors (Lipinski definition) is 4. The van der Waals surface area contributed by atoms with Crippen molar-refractivity contribution in [3.63, 3.8) is 0 Å². The van der Waals surface area contributed by atoms with Gasteiger partial charge in [0.15, 0.2) is 0 Å². The van der Waals surface area contributed by atoms with Crippen molar-refractivity contribution in [2.24, 2.45) is 0 Å². The molecule has 100 valence electrons. The number of ether oxygens (including phenoxy) is 2. The van der Waals surface area contributed by atoms with Crippen molar-refractivity contribution in [3.05, 3.63) is 54.1 Å². The monoisotopic (exact) mass is 259 g/mol. The average molecular weight is 259 g/mol. The molecule has 0 aliphatic rings. The zero-order chi connectivity index (χ0) is 13.7. The minimum absolute atomic E-state index is 0.191. The van der Waals surface area contributed by atoms with Gasteiger partial charge in [0, 0.05) is 5.69 Å². The maximum atomic E-state index is 9.98. The summed E-state index contributed by atoms with van der Waals surface area (Å²) in [5.74, 6) is 1.46. The fourth-order valence-electron chi connectivity index (χ4n) is 1.66. The SMILES string of the molecule is COc1ccc(OCC(O)c2ccc(N)cc2)cc1. The Balaban J connectivity index is 1.92. The van der Waals surface area contributed by atoms with E-state index in [2.05, 4.69) is 0 Å². The van der Waals surface area contributed by atoms with Gasteiger partial charge < -0.3 is 20.3 Å². The highest BCUT2D eigenvalue weighted by atomic mass is 16.5. The second-order valence-electron chi connectivity index (χ2n) is 4.17. The van der Waals surface area contributed by atoms with Gasteiger partial charge in [-0.1, -0.05) is 12.1 Å². The van der Waals surface area contributed by atoms with Gasteiger partial charge in [-0.15, -0.1) is 0 Å². The van der Waals surface area contributed by atoms with Crippen molar-refractivity contribution in [2.45, 2.75) is 6.10 Å². The zero-order valence-electron chi connectivity index (χ0n) is 10.7. The van der Waals surface area contributed by atoms with Crippen molar-refractivity contribution in [2.75, 3.05) is 19.5 Å². The fraction of sp³-hybridized carbons (Fsp3) is 0.200. The lowest BCUT2D eigenvalue weighted by molar-refractivity contribution is 0.108. The van der Waals surface area contributed by atoms with Crippen LogP contribution in [0.3, 0.4) is 0 Å². The zero-order valence-corrected chi connectivity index (χ0v) is 10.7. The van der Waals surface area contributed by atoms with E-state index in [-0.39, 0.29) is 6.61 Å². The van der Waals surface area contributed by atoms with Crippen molar-refractivity contribution in [1.82, 2.24) is 0 Å². The summed E-state index contributed by atoms with van der Waals surface area (Å²) in [6, 6.07) is 14.3. The van der Waals surface area contributed by atoms with Crippen LogP contribution in [0.1, 0.15) is 11.7 Å². The van der Waals surface area contributed by atoms with Gasteiger partial charge in [-0.25, -0.2) is 0 Å². The second kappa shape index (κ2) is 6.11. The molecule has 2 aromatic rings. The number of rotatable bonds is 5. The molecule has 4 nitrogen and oxygen atoms in total. The Labute approximate surface area is 112 Å². The third-order valence-electron chi connectivity index (χ3n) is 2.79. The highest BCUT2D eigenvalue weighted by Crippen LogP contribution is 2.20. The minimum atomic E-state index is -0.678. The summed E-state index contributed by atoms with van der Waals surface area (Å²) in [7, 11) is 1.61. The molecule has 0 aliphatic carbocycles. The molecule has 0 radical (unpaired) electrons. The number of nitrogen functional groups attached to an aromatic ring is 1. The van der Waals surface area contributed by atoms with Gasteiger partial charge in [-0.3, -0.25) is 0 Å². The third-order valence-corrected chi connectivity index (χ3v) is 2.79. The molecule has 19 heavy (non-hydrogen) atoms. The molecule has 0 aromatic heterocycles. The lowest BCUT2D eigenvalue weighted by Gasteiger charge is -2.13. The first-order chi connectivity index (χ1) is 9.19. The van der Waals surface area contributed by atoms with Crippen LogP contribution in [-0.2, 0) is 0 Å². The largest absolute Gasteiger partial charge is 0.497 e. The molecule has 4 heteroatoms. The predicted octanol–water partition coefficient (Wildman–Crippen LogP) is 2.39. The first-order valence-corrected chi connectivity index (χ1v) is 5.99. The predicted molar refractivity (Wildman–Crippen MR) is 74.3 cm³/mol.